The van der Waals surface area contributed by atoms with Crippen molar-refractivity contribution in [3.05, 3.63) is 47.7 Å². The van der Waals surface area contributed by atoms with E-state index in [2.05, 4.69) is 30.0 Å². The molecule has 4 nitrogen and oxygen atoms in total. The van der Waals surface area contributed by atoms with Gasteiger partial charge in [0.05, 0.1) is 12.8 Å². The zero-order valence-corrected chi connectivity index (χ0v) is 14.2. The van der Waals surface area contributed by atoms with Crippen LogP contribution in [0.2, 0.25) is 0 Å². The van der Waals surface area contributed by atoms with Gasteiger partial charge >= 0.3 is 5.97 Å². The average molecular weight is 323 g/mol. The Kier molecular flexibility index (Phi) is 5.97. The van der Waals surface area contributed by atoms with Gasteiger partial charge in [-0.1, -0.05) is 43.5 Å². The van der Waals surface area contributed by atoms with Crippen molar-refractivity contribution in [1.82, 2.24) is 4.98 Å². The first kappa shape index (κ1) is 17.6. The summed E-state index contributed by atoms with van der Waals surface area (Å²) in [6.07, 6.45) is 6.77. The fourth-order valence-electron chi connectivity index (χ4n) is 2.26. The topological polar surface area (TPSA) is 48.4 Å². The molecule has 124 valence electrons. The smallest absolute Gasteiger partial charge is 0.358 e. The standard InChI is InChI=1S/C20H21NO3/c1-5-7-15-8-10-16(11-9-15)18-12-17(23-4)13-19(21-18)20(22)24-14(3)6-2/h2,8-14H,5,7H2,1,3-4H3. The lowest BCUT2D eigenvalue weighted by Crippen LogP contribution is -2.14. The van der Waals surface area contributed by atoms with Crippen molar-refractivity contribution in [2.45, 2.75) is 32.8 Å². The summed E-state index contributed by atoms with van der Waals surface area (Å²) in [5.74, 6) is 2.33. The summed E-state index contributed by atoms with van der Waals surface area (Å²) >= 11 is 0. The minimum Gasteiger partial charge on any atom is -0.497 e. The van der Waals surface area contributed by atoms with Gasteiger partial charge in [-0.25, -0.2) is 9.78 Å². The van der Waals surface area contributed by atoms with Gasteiger partial charge in [-0.05, 0) is 18.9 Å². The summed E-state index contributed by atoms with van der Waals surface area (Å²) in [6, 6.07) is 11.4. The maximum absolute atomic E-state index is 12.2. The molecule has 2 aromatic rings. The van der Waals surface area contributed by atoms with Crippen molar-refractivity contribution in [3.8, 4) is 29.4 Å². The van der Waals surface area contributed by atoms with Crippen LogP contribution in [-0.4, -0.2) is 24.2 Å². The second-order valence-electron chi connectivity index (χ2n) is 5.44. The van der Waals surface area contributed by atoms with E-state index in [4.69, 9.17) is 15.9 Å². The van der Waals surface area contributed by atoms with E-state index in [0.717, 1.165) is 18.4 Å². The molecule has 1 aromatic heterocycles. The summed E-state index contributed by atoms with van der Waals surface area (Å²) in [6.45, 7) is 3.78. The van der Waals surface area contributed by atoms with Crippen molar-refractivity contribution < 1.29 is 14.3 Å². The Balaban J connectivity index is 2.34. The molecule has 4 heteroatoms. The normalized spacial score (nSPS) is 11.4. The SMILES string of the molecule is C#CC(C)OC(=O)c1cc(OC)cc(-c2ccc(CCC)cc2)n1. The lowest BCUT2D eigenvalue weighted by atomic mass is 10.1. The largest absolute Gasteiger partial charge is 0.497 e. The summed E-state index contributed by atoms with van der Waals surface area (Å²) in [5.41, 5.74) is 3.00. The van der Waals surface area contributed by atoms with Gasteiger partial charge in [-0.2, -0.15) is 0 Å². The van der Waals surface area contributed by atoms with Gasteiger partial charge in [0.2, 0.25) is 0 Å². The summed E-state index contributed by atoms with van der Waals surface area (Å²) in [5, 5.41) is 0. The third-order valence-corrected chi connectivity index (χ3v) is 3.55. The highest BCUT2D eigenvalue weighted by Crippen LogP contribution is 2.24. The van der Waals surface area contributed by atoms with E-state index in [-0.39, 0.29) is 5.69 Å². The average Bonchev–Trinajstić information content (AvgIpc) is 2.62. The van der Waals surface area contributed by atoms with Crippen LogP contribution in [0.3, 0.4) is 0 Å². The number of carbonyl (C=O) groups excluding carboxylic acids is 1. The Morgan fingerprint density at radius 3 is 2.58 bits per heavy atom. The number of hydrogen-bond donors (Lipinski definition) is 0. The van der Waals surface area contributed by atoms with Gasteiger partial charge in [-0.3, -0.25) is 0 Å². The molecule has 2 rings (SSSR count). The van der Waals surface area contributed by atoms with Gasteiger partial charge in [0.1, 0.15) is 5.75 Å². The Hall–Kier alpha value is -2.80. The van der Waals surface area contributed by atoms with Crippen molar-refractivity contribution in [2.75, 3.05) is 7.11 Å². The van der Waals surface area contributed by atoms with Crippen molar-refractivity contribution in [2.24, 2.45) is 0 Å². The molecule has 0 fully saturated rings. The predicted molar refractivity (Wildman–Crippen MR) is 93.9 cm³/mol. The fraction of sp³-hybridized carbons (Fsp3) is 0.300. The third kappa shape index (κ3) is 4.36. The van der Waals surface area contributed by atoms with Crippen molar-refractivity contribution in [1.29, 1.82) is 0 Å². The van der Waals surface area contributed by atoms with Crippen LogP contribution in [-0.2, 0) is 11.2 Å². The number of aromatic nitrogens is 1. The molecule has 0 bridgehead atoms. The highest BCUT2D eigenvalue weighted by Gasteiger charge is 2.15. The van der Waals surface area contributed by atoms with E-state index in [9.17, 15) is 4.79 Å². The van der Waals surface area contributed by atoms with Crippen LogP contribution in [0.15, 0.2) is 36.4 Å². The molecule has 0 aliphatic carbocycles. The Labute approximate surface area is 142 Å². The molecule has 24 heavy (non-hydrogen) atoms. The molecule has 0 saturated carbocycles. The van der Waals surface area contributed by atoms with E-state index in [0.29, 0.717) is 11.4 Å². The zero-order valence-electron chi connectivity index (χ0n) is 14.2. The Morgan fingerprint density at radius 1 is 1.29 bits per heavy atom. The molecule has 0 aliphatic rings. The highest BCUT2D eigenvalue weighted by molar-refractivity contribution is 5.89. The number of rotatable bonds is 6. The first-order valence-electron chi connectivity index (χ1n) is 7.89. The number of benzene rings is 1. The monoisotopic (exact) mass is 323 g/mol. The fourth-order valence-corrected chi connectivity index (χ4v) is 2.26. The number of carbonyl (C=O) groups is 1. The number of hydrogen-bond acceptors (Lipinski definition) is 4. The van der Waals surface area contributed by atoms with Crippen LogP contribution in [0.4, 0.5) is 0 Å². The molecule has 0 aliphatic heterocycles. The molecule has 1 unspecified atom stereocenters. The zero-order chi connectivity index (χ0) is 17.5. The van der Waals surface area contributed by atoms with E-state index in [1.54, 1.807) is 26.2 Å². The molecule has 0 spiro atoms. The Bertz CT molecular complexity index is 744. The molecule has 0 saturated heterocycles. The number of aryl methyl sites for hydroxylation is 1. The number of nitrogens with zero attached hydrogens (tertiary/aromatic N) is 1. The minimum atomic E-state index is -0.609. The lowest BCUT2D eigenvalue weighted by Gasteiger charge is -2.10. The second-order valence-corrected chi connectivity index (χ2v) is 5.44. The van der Waals surface area contributed by atoms with Crippen LogP contribution in [0.1, 0.15) is 36.3 Å². The third-order valence-electron chi connectivity index (χ3n) is 3.55. The lowest BCUT2D eigenvalue weighted by molar-refractivity contribution is 0.0431. The molecular weight excluding hydrogens is 302 g/mol. The number of pyridine rings is 1. The van der Waals surface area contributed by atoms with E-state index >= 15 is 0 Å². The van der Waals surface area contributed by atoms with Gasteiger partial charge in [0, 0.05) is 17.7 Å². The van der Waals surface area contributed by atoms with E-state index < -0.39 is 12.1 Å². The maximum atomic E-state index is 12.2. The number of esters is 1. The molecule has 1 aromatic carbocycles. The minimum absolute atomic E-state index is 0.170. The molecule has 0 radical (unpaired) electrons. The first-order valence-corrected chi connectivity index (χ1v) is 7.89. The van der Waals surface area contributed by atoms with Gasteiger partial charge in [0.15, 0.2) is 11.8 Å². The number of methoxy groups -OCH3 is 1. The van der Waals surface area contributed by atoms with Crippen LogP contribution >= 0.6 is 0 Å². The number of terminal acetylenes is 1. The maximum Gasteiger partial charge on any atom is 0.358 e. The van der Waals surface area contributed by atoms with Crippen LogP contribution in [0.5, 0.6) is 5.75 Å². The summed E-state index contributed by atoms with van der Waals surface area (Å²) in [7, 11) is 1.54. The van der Waals surface area contributed by atoms with Crippen LogP contribution in [0, 0.1) is 12.3 Å². The molecular formula is C20H21NO3. The van der Waals surface area contributed by atoms with Crippen LogP contribution in [0.25, 0.3) is 11.3 Å². The second kappa shape index (κ2) is 8.16. The van der Waals surface area contributed by atoms with Gasteiger partial charge < -0.3 is 9.47 Å². The van der Waals surface area contributed by atoms with E-state index in [1.165, 1.54) is 5.56 Å². The molecule has 1 atom stereocenters. The quantitative estimate of drug-likeness (QED) is 0.598. The van der Waals surface area contributed by atoms with Crippen LogP contribution < -0.4 is 4.74 Å². The van der Waals surface area contributed by atoms with Crippen molar-refractivity contribution >= 4 is 5.97 Å². The van der Waals surface area contributed by atoms with Gasteiger partial charge in [-0.15, -0.1) is 6.42 Å². The summed E-state index contributed by atoms with van der Waals surface area (Å²) < 4.78 is 10.4. The van der Waals surface area contributed by atoms with Gasteiger partial charge in [0.25, 0.3) is 0 Å². The van der Waals surface area contributed by atoms with E-state index in [1.807, 2.05) is 12.1 Å². The van der Waals surface area contributed by atoms with Crippen molar-refractivity contribution in [3.63, 3.8) is 0 Å². The number of ether oxygens (including phenoxy) is 2. The summed E-state index contributed by atoms with van der Waals surface area (Å²) in [4.78, 5) is 16.6. The molecule has 0 N–H and O–H groups in total. The molecule has 0 amide bonds. The predicted octanol–water partition coefficient (Wildman–Crippen LogP) is 3.89. The Morgan fingerprint density at radius 2 is 2.00 bits per heavy atom. The highest BCUT2D eigenvalue weighted by atomic mass is 16.5. The molecule has 1 heterocycles. The first-order chi connectivity index (χ1) is 11.6.